The van der Waals surface area contributed by atoms with Crippen molar-refractivity contribution in [2.75, 3.05) is 0 Å². The number of fused-ring (bicyclic) bond motifs is 3. The molecule has 3 aromatic heterocycles. The quantitative estimate of drug-likeness (QED) is 0.630. The average molecular weight is 319 g/mol. The molecule has 0 aliphatic rings. The minimum Gasteiger partial charge on any atom is -0.366 e. The van der Waals surface area contributed by atoms with Crippen LogP contribution in [0.4, 0.5) is 0 Å². The Bertz CT molecular complexity index is 1090. The molecular weight excluding hydrogens is 302 g/mol. The third kappa shape index (κ3) is 2.15. The van der Waals surface area contributed by atoms with Crippen molar-refractivity contribution in [1.29, 1.82) is 0 Å². The maximum absolute atomic E-state index is 11.4. The summed E-state index contributed by atoms with van der Waals surface area (Å²) in [6.07, 6.45) is 0. The Morgan fingerprint density at radius 1 is 1.08 bits per heavy atom. The Morgan fingerprint density at radius 3 is 2.71 bits per heavy atom. The molecule has 0 bridgehead atoms. The lowest BCUT2D eigenvalue weighted by Crippen LogP contribution is -2.11. The zero-order valence-electron chi connectivity index (χ0n) is 13.5. The molecule has 4 rings (SSSR count). The Labute approximate surface area is 138 Å². The number of nitrogens with zero attached hydrogens (tertiary/aromatic N) is 4. The van der Waals surface area contributed by atoms with Crippen molar-refractivity contribution in [3.05, 3.63) is 65.1 Å². The third-order valence-corrected chi connectivity index (χ3v) is 4.36. The first-order chi connectivity index (χ1) is 11.5. The average Bonchev–Trinajstić information content (AvgIpc) is 3.09. The molecule has 0 spiro atoms. The van der Waals surface area contributed by atoms with Gasteiger partial charge in [0.05, 0.1) is 11.0 Å². The summed E-state index contributed by atoms with van der Waals surface area (Å²) in [7, 11) is 0. The number of hydrogen-bond donors (Lipinski definition) is 1. The van der Waals surface area contributed by atoms with Crippen LogP contribution in [0.1, 0.15) is 27.4 Å². The number of nitrogens with two attached hydrogens (primary N) is 1. The van der Waals surface area contributed by atoms with Gasteiger partial charge in [0.25, 0.3) is 0 Å². The number of carbonyl (C=O) groups excluding carboxylic acids is 1. The second kappa shape index (κ2) is 5.19. The van der Waals surface area contributed by atoms with Crippen LogP contribution >= 0.6 is 0 Å². The van der Waals surface area contributed by atoms with Gasteiger partial charge in [-0.3, -0.25) is 9.20 Å². The van der Waals surface area contributed by atoms with Gasteiger partial charge in [-0.25, -0.2) is 0 Å². The van der Waals surface area contributed by atoms with Crippen LogP contribution in [0.25, 0.3) is 16.7 Å². The Balaban J connectivity index is 1.86. The monoisotopic (exact) mass is 319 g/mol. The molecule has 0 atom stereocenters. The van der Waals surface area contributed by atoms with E-state index in [-0.39, 0.29) is 0 Å². The molecule has 1 aromatic carbocycles. The Morgan fingerprint density at radius 2 is 1.92 bits per heavy atom. The molecule has 4 aromatic rings. The van der Waals surface area contributed by atoms with E-state index >= 15 is 0 Å². The fourth-order valence-corrected chi connectivity index (χ4v) is 3.19. The molecule has 0 saturated carbocycles. The van der Waals surface area contributed by atoms with Crippen LogP contribution < -0.4 is 5.73 Å². The number of aryl methyl sites for hydroxylation is 2. The van der Waals surface area contributed by atoms with Gasteiger partial charge in [0.15, 0.2) is 5.65 Å². The molecule has 1 amide bonds. The van der Waals surface area contributed by atoms with Gasteiger partial charge in [-0.2, -0.15) is 0 Å². The molecule has 0 radical (unpaired) electrons. The van der Waals surface area contributed by atoms with Crippen LogP contribution in [-0.2, 0) is 6.54 Å². The Kier molecular flexibility index (Phi) is 3.13. The lowest BCUT2D eigenvalue weighted by atomic mass is 10.1. The summed E-state index contributed by atoms with van der Waals surface area (Å²) in [5, 5.41) is 8.33. The van der Waals surface area contributed by atoms with Crippen LogP contribution in [0, 0.1) is 13.8 Å². The van der Waals surface area contributed by atoms with Crippen molar-refractivity contribution < 1.29 is 4.79 Å². The first kappa shape index (κ1) is 14.4. The summed E-state index contributed by atoms with van der Waals surface area (Å²) < 4.78 is 4.27. The van der Waals surface area contributed by atoms with Crippen LogP contribution in [0.3, 0.4) is 0 Å². The fourth-order valence-electron chi connectivity index (χ4n) is 3.19. The predicted molar refractivity (Wildman–Crippen MR) is 92.0 cm³/mol. The topological polar surface area (TPSA) is 78.2 Å². The number of benzene rings is 1. The van der Waals surface area contributed by atoms with E-state index < -0.39 is 5.91 Å². The van der Waals surface area contributed by atoms with Gasteiger partial charge >= 0.3 is 0 Å². The van der Waals surface area contributed by atoms with Gasteiger partial charge < -0.3 is 10.3 Å². The number of rotatable bonds is 3. The highest BCUT2D eigenvalue weighted by Crippen LogP contribution is 2.23. The molecule has 24 heavy (non-hydrogen) atoms. The van der Waals surface area contributed by atoms with Crippen LogP contribution in [0.5, 0.6) is 0 Å². The SMILES string of the molecule is Cc1cc2c(ccc3nnc(C)n32)n1Cc1cccc(C(N)=O)c1. The van der Waals surface area contributed by atoms with Crippen molar-refractivity contribution in [3.63, 3.8) is 0 Å². The number of carbonyl (C=O) groups is 1. The van der Waals surface area contributed by atoms with E-state index in [2.05, 4.69) is 38.2 Å². The molecule has 2 N–H and O–H groups in total. The zero-order valence-corrected chi connectivity index (χ0v) is 13.5. The lowest BCUT2D eigenvalue weighted by Gasteiger charge is -2.09. The number of aromatic nitrogens is 4. The zero-order chi connectivity index (χ0) is 16.8. The smallest absolute Gasteiger partial charge is 0.248 e. The normalized spacial score (nSPS) is 11.4. The summed E-state index contributed by atoms with van der Waals surface area (Å²) in [4.78, 5) is 11.4. The van der Waals surface area contributed by atoms with Crippen LogP contribution in [0.15, 0.2) is 42.5 Å². The molecular formula is C18H17N5O. The number of pyridine rings is 1. The van der Waals surface area contributed by atoms with Crippen molar-refractivity contribution in [1.82, 2.24) is 19.2 Å². The molecule has 3 heterocycles. The second-order valence-corrected chi connectivity index (χ2v) is 5.98. The minimum atomic E-state index is -0.409. The van der Waals surface area contributed by atoms with E-state index in [9.17, 15) is 4.79 Å². The van der Waals surface area contributed by atoms with Crippen molar-refractivity contribution >= 4 is 22.6 Å². The molecule has 0 unspecified atom stereocenters. The minimum absolute atomic E-state index is 0.409. The highest BCUT2D eigenvalue weighted by molar-refractivity contribution is 5.92. The Hall–Kier alpha value is -3.15. The number of primary amides is 1. The van der Waals surface area contributed by atoms with E-state index in [1.807, 2.05) is 31.2 Å². The number of hydrogen-bond acceptors (Lipinski definition) is 3. The summed E-state index contributed by atoms with van der Waals surface area (Å²) in [6, 6.07) is 13.6. The first-order valence-electron chi connectivity index (χ1n) is 7.74. The largest absolute Gasteiger partial charge is 0.366 e. The van der Waals surface area contributed by atoms with Crippen LogP contribution in [-0.4, -0.2) is 25.1 Å². The maximum Gasteiger partial charge on any atom is 0.248 e. The van der Waals surface area contributed by atoms with E-state index in [4.69, 9.17) is 5.73 Å². The second-order valence-electron chi connectivity index (χ2n) is 5.98. The van der Waals surface area contributed by atoms with Gasteiger partial charge in [0, 0.05) is 17.8 Å². The van der Waals surface area contributed by atoms with E-state index in [1.165, 1.54) is 0 Å². The lowest BCUT2D eigenvalue weighted by molar-refractivity contribution is 0.1000. The summed E-state index contributed by atoms with van der Waals surface area (Å²) in [5.41, 5.74) is 11.1. The molecule has 6 heteroatoms. The van der Waals surface area contributed by atoms with Crippen molar-refractivity contribution in [2.45, 2.75) is 20.4 Å². The van der Waals surface area contributed by atoms with Crippen LogP contribution in [0.2, 0.25) is 0 Å². The molecule has 0 aliphatic carbocycles. The molecule has 6 nitrogen and oxygen atoms in total. The van der Waals surface area contributed by atoms with Gasteiger partial charge in [-0.05, 0) is 49.7 Å². The predicted octanol–water partition coefficient (Wildman–Crippen LogP) is 2.45. The highest BCUT2D eigenvalue weighted by atomic mass is 16.1. The van der Waals surface area contributed by atoms with Gasteiger partial charge in [-0.1, -0.05) is 12.1 Å². The van der Waals surface area contributed by atoms with E-state index in [0.717, 1.165) is 33.8 Å². The van der Waals surface area contributed by atoms with Crippen molar-refractivity contribution in [3.8, 4) is 0 Å². The van der Waals surface area contributed by atoms with Gasteiger partial charge in [-0.15, -0.1) is 10.2 Å². The maximum atomic E-state index is 11.4. The molecule has 0 saturated heterocycles. The van der Waals surface area contributed by atoms with E-state index in [1.54, 1.807) is 6.07 Å². The van der Waals surface area contributed by atoms with Gasteiger partial charge in [0.2, 0.25) is 5.91 Å². The number of amides is 1. The van der Waals surface area contributed by atoms with E-state index in [0.29, 0.717) is 12.1 Å². The molecule has 0 aliphatic heterocycles. The molecule has 120 valence electrons. The first-order valence-corrected chi connectivity index (χ1v) is 7.74. The summed E-state index contributed by atoms with van der Waals surface area (Å²) >= 11 is 0. The fraction of sp³-hybridized carbons (Fsp3) is 0.167. The molecule has 0 fully saturated rings. The van der Waals surface area contributed by atoms with Gasteiger partial charge in [0.1, 0.15) is 5.82 Å². The third-order valence-electron chi connectivity index (χ3n) is 4.36. The highest BCUT2D eigenvalue weighted by Gasteiger charge is 2.12. The van der Waals surface area contributed by atoms with Crippen molar-refractivity contribution in [2.24, 2.45) is 5.73 Å². The summed E-state index contributed by atoms with van der Waals surface area (Å²) in [5.74, 6) is 0.455. The standard InChI is InChI=1S/C18H17N5O/c1-11-8-16-15(6-7-17-21-20-12(2)23(16)17)22(11)10-13-4-3-5-14(9-13)18(19)24/h3-9H,10H2,1-2H3,(H2,19,24). The summed E-state index contributed by atoms with van der Waals surface area (Å²) in [6.45, 7) is 4.69.